The number of anilines is 2. The van der Waals surface area contributed by atoms with Crippen LogP contribution in [0.4, 0.5) is 20.6 Å². The highest BCUT2D eigenvalue weighted by Gasteiger charge is 2.27. The van der Waals surface area contributed by atoms with Crippen LogP contribution in [0, 0.1) is 5.82 Å². The summed E-state index contributed by atoms with van der Waals surface area (Å²) in [6.07, 6.45) is 0. The highest BCUT2D eigenvalue weighted by molar-refractivity contribution is 7.92. The van der Waals surface area contributed by atoms with Crippen LogP contribution in [0.15, 0.2) is 59.5 Å². The van der Waals surface area contributed by atoms with Crippen molar-refractivity contribution in [3.8, 4) is 11.5 Å². The molecule has 0 aromatic heterocycles. The lowest BCUT2D eigenvalue weighted by Gasteiger charge is -2.17. The van der Waals surface area contributed by atoms with Crippen LogP contribution in [0.25, 0.3) is 0 Å². The van der Waals surface area contributed by atoms with Crippen molar-refractivity contribution in [3.63, 3.8) is 0 Å². The summed E-state index contributed by atoms with van der Waals surface area (Å²) >= 11 is 0. The molecule has 0 radical (unpaired) electrons. The van der Waals surface area contributed by atoms with Crippen molar-refractivity contribution in [3.05, 3.63) is 77.1 Å². The van der Waals surface area contributed by atoms with E-state index in [0.29, 0.717) is 23.7 Å². The lowest BCUT2D eigenvalue weighted by atomic mass is 10.0. The minimum Gasteiger partial charge on any atom is -0.497 e. The second-order valence-corrected chi connectivity index (χ2v) is 10.5. The molecule has 1 aliphatic heterocycles. The van der Waals surface area contributed by atoms with Gasteiger partial charge in [0.2, 0.25) is 0 Å². The maximum atomic E-state index is 14.6. The van der Waals surface area contributed by atoms with Crippen LogP contribution in [0.1, 0.15) is 36.5 Å². The summed E-state index contributed by atoms with van der Waals surface area (Å²) in [5.74, 6) is -0.259. The molecule has 0 fully saturated rings. The molecule has 190 valence electrons. The topological polar surface area (TPSA) is 97.0 Å². The minimum absolute atomic E-state index is 0.0131. The zero-order chi connectivity index (χ0) is 26.0. The fourth-order valence-electron chi connectivity index (χ4n) is 3.96. The molecule has 0 unspecified atom stereocenters. The second-order valence-electron chi connectivity index (χ2n) is 8.79. The number of halogens is 1. The second kappa shape index (κ2) is 10.1. The van der Waals surface area contributed by atoms with E-state index in [2.05, 4.69) is 23.9 Å². The van der Waals surface area contributed by atoms with Gasteiger partial charge < -0.3 is 19.7 Å². The van der Waals surface area contributed by atoms with Crippen LogP contribution in [0.5, 0.6) is 11.5 Å². The van der Waals surface area contributed by atoms with Crippen LogP contribution in [0.3, 0.4) is 0 Å². The Labute approximate surface area is 210 Å². The Morgan fingerprint density at radius 2 is 1.67 bits per heavy atom. The molecular formula is C26H28FN3O5S. The summed E-state index contributed by atoms with van der Waals surface area (Å²) in [5.41, 5.74) is 3.08. The summed E-state index contributed by atoms with van der Waals surface area (Å²) < 4.78 is 53.1. The number of carbonyl (C=O) groups is 1. The molecule has 1 heterocycles. The fourth-order valence-corrected chi connectivity index (χ4v) is 5.09. The Bertz CT molecular complexity index is 1390. The van der Waals surface area contributed by atoms with Gasteiger partial charge in [-0.05, 0) is 46.9 Å². The first-order valence-electron chi connectivity index (χ1n) is 11.3. The molecule has 0 aliphatic carbocycles. The maximum absolute atomic E-state index is 14.6. The molecule has 0 saturated carbocycles. The van der Waals surface area contributed by atoms with Crippen molar-refractivity contribution in [2.45, 2.75) is 37.8 Å². The standard InChI is InChI=1S/C26H28FN3O5S/c1-16(2)17-5-8-20(9-6-17)28-26(31)30-14-18-7-10-22(11-19(18)15-30)36(32,33)29-25-23(27)12-21(34-3)13-24(25)35-4/h5-13,16,29H,14-15H2,1-4H3,(H,28,31). The molecule has 1 aliphatic rings. The molecule has 0 saturated heterocycles. The average molecular weight is 514 g/mol. The van der Waals surface area contributed by atoms with Gasteiger partial charge in [0, 0.05) is 30.9 Å². The van der Waals surface area contributed by atoms with Gasteiger partial charge in [-0.25, -0.2) is 17.6 Å². The Morgan fingerprint density at radius 1 is 0.972 bits per heavy atom. The van der Waals surface area contributed by atoms with Crippen molar-refractivity contribution in [2.24, 2.45) is 0 Å². The number of ether oxygens (including phenoxy) is 2. The predicted octanol–water partition coefficient (Wildman–Crippen LogP) is 5.31. The van der Waals surface area contributed by atoms with E-state index in [-0.39, 0.29) is 34.7 Å². The van der Waals surface area contributed by atoms with Gasteiger partial charge in [-0.1, -0.05) is 32.0 Å². The van der Waals surface area contributed by atoms with Crippen molar-refractivity contribution < 1.29 is 27.1 Å². The van der Waals surface area contributed by atoms with Crippen LogP contribution in [0.2, 0.25) is 0 Å². The molecular weight excluding hydrogens is 485 g/mol. The number of nitrogens with one attached hydrogen (secondary N) is 2. The van der Waals surface area contributed by atoms with Crippen molar-refractivity contribution >= 4 is 27.4 Å². The molecule has 4 rings (SSSR count). The van der Waals surface area contributed by atoms with E-state index in [9.17, 15) is 17.6 Å². The van der Waals surface area contributed by atoms with Crippen LogP contribution in [-0.4, -0.2) is 33.6 Å². The van der Waals surface area contributed by atoms with Crippen molar-refractivity contribution in [2.75, 3.05) is 24.3 Å². The van der Waals surface area contributed by atoms with Crippen molar-refractivity contribution in [1.29, 1.82) is 0 Å². The number of methoxy groups -OCH3 is 2. The monoisotopic (exact) mass is 513 g/mol. The number of rotatable bonds is 7. The molecule has 8 nitrogen and oxygen atoms in total. The van der Waals surface area contributed by atoms with Gasteiger partial charge in [0.05, 0.1) is 19.1 Å². The molecule has 3 aromatic carbocycles. The quantitative estimate of drug-likeness (QED) is 0.446. The first-order chi connectivity index (χ1) is 17.1. The summed E-state index contributed by atoms with van der Waals surface area (Å²) in [6, 6.07) is 14.4. The lowest BCUT2D eigenvalue weighted by molar-refractivity contribution is 0.212. The van der Waals surface area contributed by atoms with E-state index in [0.717, 1.165) is 11.6 Å². The van der Waals surface area contributed by atoms with Gasteiger partial charge in [-0.3, -0.25) is 4.72 Å². The number of fused-ring (bicyclic) bond motifs is 1. The number of hydrogen-bond acceptors (Lipinski definition) is 5. The van der Waals surface area contributed by atoms with Crippen molar-refractivity contribution in [1.82, 2.24) is 4.90 Å². The maximum Gasteiger partial charge on any atom is 0.322 e. The van der Waals surface area contributed by atoms with E-state index >= 15 is 0 Å². The third kappa shape index (κ3) is 5.23. The van der Waals surface area contributed by atoms with Crippen LogP contribution < -0.4 is 19.5 Å². The first kappa shape index (κ1) is 25.3. The molecule has 3 aromatic rings. The number of urea groups is 1. The number of sulfonamides is 1. The smallest absolute Gasteiger partial charge is 0.322 e. The molecule has 0 spiro atoms. The van der Waals surface area contributed by atoms with E-state index in [1.54, 1.807) is 11.0 Å². The Hall–Kier alpha value is -3.79. The SMILES string of the molecule is COc1cc(F)c(NS(=O)(=O)c2ccc3c(c2)CN(C(=O)Nc2ccc(C(C)C)cc2)C3)c(OC)c1. The minimum atomic E-state index is -4.14. The number of nitrogens with zero attached hydrogens (tertiary/aromatic N) is 1. The predicted molar refractivity (Wildman–Crippen MR) is 136 cm³/mol. The van der Waals surface area contributed by atoms with E-state index in [1.807, 2.05) is 24.3 Å². The molecule has 0 atom stereocenters. The van der Waals surface area contributed by atoms with Crippen LogP contribution >= 0.6 is 0 Å². The Balaban J connectivity index is 1.49. The Kier molecular flexibility index (Phi) is 7.07. The largest absolute Gasteiger partial charge is 0.497 e. The number of carbonyl (C=O) groups excluding carboxylic acids is 1. The number of amides is 2. The van der Waals surface area contributed by atoms with Gasteiger partial charge >= 0.3 is 6.03 Å². The van der Waals surface area contributed by atoms with E-state index < -0.39 is 15.8 Å². The van der Waals surface area contributed by atoms with Gasteiger partial charge in [0.1, 0.15) is 17.2 Å². The lowest BCUT2D eigenvalue weighted by Crippen LogP contribution is -2.30. The average Bonchev–Trinajstić information content (AvgIpc) is 3.29. The number of hydrogen-bond donors (Lipinski definition) is 2. The van der Waals surface area contributed by atoms with Gasteiger partial charge in [-0.2, -0.15) is 0 Å². The normalized spacial score (nSPS) is 12.9. The Morgan fingerprint density at radius 3 is 2.31 bits per heavy atom. The highest BCUT2D eigenvalue weighted by atomic mass is 32.2. The first-order valence-corrected chi connectivity index (χ1v) is 12.8. The summed E-state index contributed by atoms with van der Waals surface area (Å²) in [7, 11) is -1.46. The summed E-state index contributed by atoms with van der Waals surface area (Å²) in [4.78, 5) is 14.3. The highest BCUT2D eigenvalue weighted by Crippen LogP contribution is 2.35. The molecule has 0 bridgehead atoms. The van der Waals surface area contributed by atoms with E-state index in [1.165, 1.54) is 38.0 Å². The molecule has 36 heavy (non-hydrogen) atoms. The third-order valence-electron chi connectivity index (χ3n) is 6.05. The van der Waals surface area contributed by atoms with Gasteiger partial charge in [0.25, 0.3) is 10.0 Å². The summed E-state index contributed by atoms with van der Waals surface area (Å²) in [6.45, 7) is 4.79. The number of benzene rings is 3. The van der Waals surface area contributed by atoms with Gasteiger partial charge in [0.15, 0.2) is 5.82 Å². The van der Waals surface area contributed by atoms with Crippen LogP contribution in [-0.2, 0) is 23.1 Å². The fraction of sp³-hybridized carbons (Fsp3) is 0.269. The van der Waals surface area contributed by atoms with E-state index in [4.69, 9.17) is 9.47 Å². The third-order valence-corrected chi connectivity index (χ3v) is 7.39. The molecule has 10 heteroatoms. The van der Waals surface area contributed by atoms with Gasteiger partial charge in [-0.15, -0.1) is 0 Å². The molecule has 2 amide bonds. The summed E-state index contributed by atoms with van der Waals surface area (Å²) in [5, 5.41) is 2.88. The zero-order valence-corrected chi connectivity index (χ0v) is 21.3. The molecule has 2 N–H and O–H groups in total. The zero-order valence-electron chi connectivity index (χ0n) is 20.5.